The van der Waals surface area contributed by atoms with Gasteiger partial charge in [-0.1, -0.05) is 23.7 Å². The van der Waals surface area contributed by atoms with Crippen LogP contribution in [0.25, 0.3) is 0 Å². The topological polar surface area (TPSA) is 87.7 Å². The van der Waals surface area contributed by atoms with E-state index in [1.165, 1.54) is 0 Å². The molecule has 0 aliphatic carbocycles. The molecule has 0 spiro atoms. The van der Waals surface area contributed by atoms with Crippen molar-refractivity contribution in [2.45, 2.75) is 37.6 Å². The maximum absolute atomic E-state index is 12.4. The van der Waals surface area contributed by atoms with Crippen LogP contribution in [0.3, 0.4) is 0 Å². The molecule has 2 fully saturated rings. The third-order valence-corrected chi connectivity index (χ3v) is 5.29. The first-order chi connectivity index (χ1) is 12.5. The molecule has 1 aromatic carbocycles. The lowest BCUT2D eigenvalue weighted by Gasteiger charge is -2.33. The Labute approximate surface area is 157 Å². The molecule has 2 aliphatic rings. The first-order valence-corrected chi connectivity index (χ1v) is 9.09. The molecule has 4 amide bonds. The number of imide groups is 1. The number of likely N-dealkylation sites (tertiary alicyclic amines) is 1. The van der Waals surface area contributed by atoms with Gasteiger partial charge in [0.15, 0.2) is 0 Å². The number of carbonyl (C=O) groups excluding carboxylic acids is 3. The van der Waals surface area contributed by atoms with E-state index in [0.29, 0.717) is 36.2 Å². The summed E-state index contributed by atoms with van der Waals surface area (Å²) in [7, 11) is 1.61. The molecule has 0 radical (unpaired) electrons. The van der Waals surface area contributed by atoms with Crippen molar-refractivity contribution in [3.8, 4) is 5.75 Å². The number of methoxy groups -OCH3 is 1. The number of ether oxygens (including phenoxy) is 1. The van der Waals surface area contributed by atoms with Crippen LogP contribution in [0, 0.1) is 0 Å². The van der Waals surface area contributed by atoms with Gasteiger partial charge in [0.25, 0.3) is 5.91 Å². The van der Waals surface area contributed by atoms with E-state index in [1.54, 1.807) is 13.2 Å². The average molecular weight is 380 g/mol. The number of piperidine rings is 1. The lowest BCUT2D eigenvalue weighted by Crippen LogP contribution is -2.39. The number of hydrogen-bond donors (Lipinski definition) is 2. The molecule has 7 nitrogen and oxygen atoms in total. The van der Waals surface area contributed by atoms with Gasteiger partial charge in [0.2, 0.25) is 5.91 Å². The van der Waals surface area contributed by atoms with E-state index in [0.717, 1.165) is 18.4 Å². The van der Waals surface area contributed by atoms with Gasteiger partial charge in [0.1, 0.15) is 11.8 Å². The molecule has 26 heavy (non-hydrogen) atoms. The molecule has 2 saturated heterocycles. The van der Waals surface area contributed by atoms with Crippen molar-refractivity contribution in [2.24, 2.45) is 0 Å². The van der Waals surface area contributed by atoms with Crippen molar-refractivity contribution < 1.29 is 19.1 Å². The van der Waals surface area contributed by atoms with Crippen molar-refractivity contribution >= 4 is 29.4 Å². The molecular formula is C18H22ClN3O4. The second-order valence-corrected chi connectivity index (χ2v) is 6.98. The molecule has 2 N–H and O–H groups in total. The fourth-order valence-electron chi connectivity index (χ4n) is 3.59. The molecule has 3 rings (SSSR count). The number of urea groups is 1. The van der Waals surface area contributed by atoms with E-state index in [-0.39, 0.29) is 18.2 Å². The quantitative estimate of drug-likeness (QED) is 0.766. The van der Waals surface area contributed by atoms with Gasteiger partial charge in [-0.3, -0.25) is 14.9 Å². The fraction of sp³-hybridized carbons (Fsp3) is 0.500. The van der Waals surface area contributed by atoms with Crippen LogP contribution in [0.2, 0.25) is 5.02 Å². The van der Waals surface area contributed by atoms with Crippen LogP contribution in [0.5, 0.6) is 5.75 Å². The van der Waals surface area contributed by atoms with Gasteiger partial charge in [-0.25, -0.2) is 4.79 Å². The lowest BCUT2D eigenvalue weighted by molar-refractivity contribution is -0.132. The third-order valence-electron chi connectivity index (χ3n) is 4.99. The van der Waals surface area contributed by atoms with Crippen LogP contribution >= 0.6 is 11.6 Å². The Morgan fingerprint density at radius 1 is 1.31 bits per heavy atom. The van der Waals surface area contributed by atoms with E-state index in [2.05, 4.69) is 10.6 Å². The zero-order valence-corrected chi connectivity index (χ0v) is 15.3. The SMILES string of the molecule is COc1c(Cl)cccc1C1CCN(C(=O)CC[C@H]2NC(=O)NC2=O)CC1. The zero-order chi connectivity index (χ0) is 18.7. The minimum absolute atomic E-state index is 0.00968. The van der Waals surface area contributed by atoms with E-state index >= 15 is 0 Å². The van der Waals surface area contributed by atoms with E-state index in [9.17, 15) is 14.4 Å². The number of amides is 4. The molecule has 140 valence electrons. The number of nitrogens with one attached hydrogen (secondary N) is 2. The first kappa shape index (κ1) is 18.5. The van der Waals surface area contributed by atoms with Gasteiger partial charge in [-0.15, -0.1) is 0 Å². The number of hydrogen-bond acceptors (Lipinski definition) is 4. The summed E-state index contributed by atoms with van der Waals surface area (Å²) in [6.07, 6.45) is 2.23. The predicted molar refractivity (Wildman–Crippen MR) is 96.3 cm³/mol. The molecule has 1 aromatic rings. The lowest BCUT2D eigenvalue weighted by atomic mass is 9.88. The largest absolute Gasteiger partial charge is 0.495 e. The molecule has 2 aliphatic heterocycles. The highest BCUT2D eigenvalue weighted by atomic mass is 35.5. The molecule has 0 bridgehead atoms. The van der Waals surface area contributed by atoms with Crippen LogP contribution in [-0.4, -0.2) is 49.0 Å². The van der Waals surface area contributed by atoms with E-state index in [4.69, 9.17) is 16.3 Å². The Balaban J connectivity index is 1.52. The molecular weight excluding hydrogens is 358 g/mol. The van der Waals surface area contributed by atoms with Crippen molar-refractivity contribution in [1.82, 2.24) is 15.5 Å². The Kier molecular flexibility index (Phi) is 5.66. The van der Waals surface area contributed by atoms with Crippen molar-refractivity contribution in [1.29, 1.82) is 0 Å². The smallest absolute Gasteiger partial charge is 0.322 e. The average Bonchev–Trinajstić information content (AvgIpc) is 2.97. The maximum atomic E-state index is 12.4. The molecule has 0 saturated carbocycles. The highest BCUT2D eigenvalue weighted by molar-refractivity contribution is 6.32. The van der Waals surface area contributed by atoms with Crippen molar-refractivity contribution in [2.75, 3.05) is 20.2 Å². The van der Waals surface area contributed by atoms with Gasteiger partial charge < -0.3 is 15.0 Å². The summed E-state index contributed by atoms with van der Waals surface area (Å²) in [5.41, 5.74) is 1.08. The van der Waals surface area contributed by atoms with Gasteiger partial charge in [0.05, 0.1) is 12.1 Å². The van der Waals surface area contributed by atoms with Gasteiger partial charge in [-0.2, -0.15) is 0 Å². The van der Waals surface area contributed by atoms with Crippen LogP contribution in [-0.2, 0) is 9.59 Å². The number of benzene rings is 1. The van der Waals surface area contributed by atoms with Crippen molar-refractivity contribution in [3.05, 3.63) is 28.8 Å². The summed E-state index contributed by atoms with van der Waals surface area (Å²) >= 11 is 6.20. The van der Waals surface area contributed by atoms with Crippen molar-refractivity contribution in [3.63, 3.8) is 0 Å². The van der Waals surface area contributed by atoms with Gasteiger partial charge in [-0.05, 0) is 36.8 Å². The predicted octanol–water partition coefficient (Wildman–Crippen LogP) is 2.04. The van der Waals surface area contributed by atoms with Crippen LogP contribution in [0.15, 0.2) is 18.2 Å². The first-order valence-electron chi connectivity index (χ1n) is 8.71. The monoisotopic (exact) mass is 379 g/mol. The zero-order valence-electron chi connectivity index (χ0n) is 14.6. The normalized spacial score (nSPS) is 20.7. The second-order valence-electron chi connectivity index (χ2n) is 6.57. The highest BCUT2D eigenvalue weighted by Gasteiger charge is 2.31. The van der Waals surface area contributed by atoms with Gasteiger partial charge in [0, 0.05) is 19.5 Å². The minimum atomic E-state index is -0.611. The number of para-hydroxylation sites is 1. The summed E-state index contributed by atoms with van der Waals surface area (Å²) in [6, 6.07) is 4.64. The second kappa shape index (κ2) is 7.95. The number of rotatable bonds is 5. The summed E-state index contributed by atoms with van der Waals surface area (Å²) in [4.78, 5) is 36.8. The van der Waals surface area contributed by atoms with Crippen LogP contribution < -0.4 is 15.4 Å². The molecule has 8 heteroatoms. The Hall–Kier alpha value is -2.28. The fourth-order valence-corrected chi connectivity index (χ4v) is 3.85. The molecule has 0 unspecified atom stereocenters. The summed E-state index contributed by atoms with van der Waals surface area (Å²) in [5, 5.41) is 5.28. The summed E-state index contributed by atoms with van der Waals surface area (Å²) in [5.74, 6) is 0.652. The van der Waals surface area contributed by atoms with E-state index in [1.807, 2.05) is 17.0 Å². The standard InChI is InChI=1S/C18H22ClN3O4/c1-26-16-12(3-2-4-13(16)19)11-7-9-22(10-8-11)15(23)6-5-14-17(24)21-18(25)20-14/h2-4,11,14H,5-10H2,1H3,(H2,20,21,24,25)/t14-/m1/s1. The number of halogens is 1. The Morgan fingerprint density at radius 2 is 2.04 bits per heavy atom. The highest BCUT2D eigenvalue weighted by Crippen LogP contribution is 2.38. The van der Waals surface area contributed by atoms with E-state index < -0.39 is 12.1 Å². The van der Waals surface area contributed by atoms with Crippen LogP contribution in [0.1, 0.15) is 37.2 Å². The Morgan fingerprint density at radius 3 is 2.65 bits per heavy atom. The molecule has 2 heterocycles. The third kappa shape index (κ3) is 3.93. The number of nitrogens with zero attached hydrogens (tertiary/aromatic N) is 1. The molecule has 0 aromatic heterocycles. The van der Waals surface area contributed by atoms with Gasteiger partial charge >= 0.3 is 6.03 Å². The number of carbonyl (C=O) groups is 3. The maximum Gasteiger partial charge on any atom is 0.322 e. The van der Waals surface area contributed by atoms with Crippen LogP contribution in [0.4, 0.5) is 4.79 Å². The summed E-state index contributed by atoms with van der Waals surface area (Å²) in [6.45, 7) is 1.31. The Bertz CT molecular complexity index is 716. The molecule has 1 atom stereocenters. The minimum Gasteiger partial charge on any atom is -0.495 e. The summed E-state index contributed by atoms with van der Waals surface area (Å²) < 4.78 is 5.43.